The summed E-state index contributed by atoms with van der Waals surface area (Å²) in [7, 11) is 3.72. The summed E-state index contributed by atoms with van der Waals surface area (Å²) in [5.74, 6) is -2.68. The number of ether oxygens (including phenoxy) is 1. The van der Waals surface area contributed by atoms with Gasteiger partial charge < -0.3 is 15.4 Å². The van der Waals surface area contributed by atoms with Gasteiger partial charge in [0.15, 0.2) is 5.01 Å². The molecule has 0 saturated heterocycles. The number of halogens is 3. The number of carbonyl (C=O) groups is 1. The Labute approximate surface area is 196 Å². The van der Waals surface area contributed by atoms with Gasteiger partial charge >= 0.3 is 0 Å². The highest BCUT2D eigenvalue weighted by Crippen LogP contribution is 2.41. The molecule has 7 nitrogen and oxygen atoms in total. The van der Waals surface area contributed by atoms with Crippen molar-refractivity contribution in [2.24, 2.45) is 5.73 Å². The lowest BCUT2D eigenvalue weighted by Crippen LogP contribution is -2.19. The number of nitrogens with two attached hydrogens (primary N) is 1. The number of hydrogen-bond donors (Lipinski definition) is 1. The van der Waals surface area contributed by atoms with Crippen LogP contribution in [0.25, 0.3) is 10.6 Å². The zero-order valence-corrected chi connectivity index (χ0v) is 20.1. The van der Waals surface area contributed by atoms with Crippen molar-refractivity contribution in [1.82, 2.24) is 19.9 Å². The molecule has 2 N–H and O–H groups in total. The van der Waals surface area contributed by atoms with Crippen LogP contribution in [0.4, 0.5) is 8.78 Å². The topological polar surface area (TPSA) is 94.2 Å². The molecule has 0 saturated carbocycles. The van der Waals surface area contributed by atoms with Crippen molar-refractivity contribution in [2.45, 2.75) is 19.3 Å². The Hall–Kier alpha value is -2.50. The second-order valence-electron chi connectivity index (χ2n) is 7.17. The molecule has 1 atom stereocenters. The van der Waals surface area contributed by atoms with Crippen LogP contribution < -0.4 is 10.5 Å². The van der Waals surface area contributed by atoms with Gasteiger partial charge in [0, 0.05) is 11.5 Å². The van der Waals surface area contributed by atoms with Gasteiger partial charge in [-0.25, -0.2) is 18.7 Å². The molecule has 0 aliphatic carbocycles. The smallest absolute Gasteiger partial charge is 0.277 e. The normalized spacial score (nSPS) is 12.2. The molecule has 32 heavy (non-hydrogen) atoms. The van der Waals surface area contributed by atoms with E-state index in [1.54, 1.807) is 0 Å². The number of benzene rings is 1. The zero-order chi connectivity index (χ0) is 23.4. The molecule has 0 fully saturated rings. The fraction of sp³-hybridized carbons (Fsp3) is 0.333. The summed E-state index contributed by atoms with van der Waals surface area (Å²) in [6, 6.07) is 2.51. The Morgan fingerprint density at radius 2 is 2.03 bits per heavy atom. The Bertz CT molecular complexity index is 1130. The van der Waals surface area contributed by atoms with Crippen molar-refractivity contribution in [3.8, 4) is 16.5 Å². The van der Waals surface area contributed by atoms with E-state index in [1.807, 2.05) is 25.9 Å². The van der Waals surface area contributed by atoms with E-state index in [-0.39, 0.29) is 20.9 Å². The van der Waals surface area contributed by atoms with E-state index < -0.39 is 23.5 Å². The largest absolute Gasteiger partial charge is 0.477 e. The van der Waals surface area contributed by atoms with E-state index in [0.717, 1.165) is 11.3 Å². The summed E-state index contributed by atoms with van der Waals surface area (Å²) in [5.41, 5.74) is 6.03. The highest BCUT2D eigenvalue weighted by atomic mass is 79.9. The van der Waals surface area contributed by atoms with Crippen molar-refractivity contribution in [3.63, 3.8) is 0 Å². The summed E-state index contributed by atoms with van der Waals surface area (Å²) in [4.78, 5) is 27.2. The average Bonchev–Trinajstić information content (AvgIpc) is 3.19. The van der Waals surface area contributed by atoms with Crippen molar-refractivity contribution in [2.75, 3.05) is 27.2 Å². The fourth-order valence-electron chi connectivity index (χ4n) is 3.20. The molecular formula is C21H22BrF2N5O2S. The Balaban J connectivity index is 2.24. The van der Waals surface area contributed by atoms with Gasteiger partial charge in [0.1, 0.15) is 17.3 Å². The fourth-order valence-corrected chi connectivity index (χ4v) is 4.48. The lowest BCUT2D eigenvalue weighted by molar-refractivity contribution is 0.0999. The molecule has 0 aliphatic heterocycles. The molecule has 1 amide bonds. The summed E-state index contributed by atoms with van der Waals surface area (Å²) in [6.07, 6.45) is 3.28. The van der Waals surface area contributed by atoms with Gasteiger partial charge in [0.25, 0.3) is 5.91 Å². The molecule has 11 heteroatoms. The number of hydrogen-bond acceptors (Lipinski definition) is 7. The third-order valence-electron chi connectivity index (χ3n) is 4.62. The molecule has 3 aromatic rings. The van der Waals surface area contributed by atoms with Crippen LogP contribution in [0.15, 0.2) is 29.0 Å². The summed E-state index contributed by atoms with van der Waals surface area (Å²) in [6.45, 7) is 2.72. The van der Waals surface area contributed by atoms with E-state index in [4.69, 9.17) is 10.5 Å². The van der Waals surface area contributed by atoms with Crippen molar-refractivity contribution in [3.05, 3.63) is 56.9 Å². The quantitative estimate of drug-likeness (QED) is 0.420. The van der Waals surface area contributed by atoms with E-state index in [2.05, 4.69) is 30.9 Å². The molecule has 1 unspecified atom stereocenters. The summed E-state index contributed by atoms with van der Waals surface area (Å²) >= 11 is 4.14. The Morgan fingerprint density at radius 1 is 1.28 bits per heavy atom. The average molecular weight is 526 g/mol. The Morgan fingerprint density at radius 3 is 2.69 bits per heavy atom. The molecule has 2 aromatic heterocycles. The predicted octanol–water partition coefficient (Wildman–Crippen LogP) is 4.22. The number of nitrogens with zero attached hydrogens (tertiary/aromatic N) is 4. The maximum atomic E-state index is 15.1. The number of aromatic nitrogens is 3. The zero-order valence-electron chi connectivity index (χ0n) is 17.7. The minimum absolute atomic E-state index is 0.0179. The lowest BCUT2D eigenvalue weighted by atomic mass is 9.90. The monoisotopic (exact) mass is 525 g/mol. The Kier molecular flexibility index (Phi) is 7.86. The molecule has 1 aromatic carbocycles. The number of amides is 1. The molecular weight excluding hydrogens is 504 g/mol. The van der Waals surface area contributed by atoms with Crippen LogP contribution in [0.2, 0.25) is 0 Å². The van der Waals surface area contributed by atoms with Crippen molar-refractivity contribution in [1.29, 1.82) is 0 Å². The third kappa shape index (κ3) is 5.28. The molecule has 3 rings (SSSR count). The lowest BCUT2D eigenvalue weighted by Gasteiger charge is -2.21. The van der Waals surface area contributed by atoms with E-state index in [0.29, 0.717) is 35.8 Å². The first-order chi connectivity index (χ1) is 15.2. The van der Waals surface area contributed by atoms with Gasteiger partial charge in [-0.2, -0.15) is 0 Å². The molecule has 170 valence electrons. The van der Waals surface area contributed by atoms with Gasteiger partial charge in [-0.3, -0.25) is 9.78 Å². The van der Waals surface area contributed by atoms with Crippen LogP contribution in [-0.4, -0.2) is 53.0 Å². The van der Waals surface area contributed by atoms with E-state index in [1.165, 1.54) is 24.5 Å². The van der Waals surface area contributed by atoms with Crippen molar-refractivity contribution < 1.29 is 18.3 Å². The minimum Gasteiger partial charge on any atom is -0.477 e. The second kappa shape index (κ2) is 10.4. The number of thiazole rings is 1. The highest BCUT2D eigenvalue weighted by Gasteiger charge is 2.30. The maximum absolute atomic E-state index is 15.1. The first-order valence-electron chi connectivity index (χ1n) is 9.76. The third-order valence-corrected chi connectivity index (χ3v) is 6.35. The molecule has 0 radical (unpaired) electrons. The number of rotatable bonds is 9. The van der Waals surface area contributed by atoms with Gasteiger partial charge in [-0.05, 0) is 62.0 Å². The SMILES string of the molecule is CCOc1cncc(-c2sc(C(N)=O)nc2C(CCN(C)C)c2c(F)ccc(Br)c2F)n1. The molecule has 0 bridgehead atoms. The molecule has 2 heterocycles. The minimum atomic E-state index is -0.799. The predicted molar refractivity (Wildman–Crippen MR) is 122 cm³/mol. The first kappa shape index (κ1) is 24.1. The molecule has 0 aliphatic rings. The van der Waals surface area contributed by atoms with Crippen LogP contribution >= 0.6 is 27.3 Å². The first-order valence-corrected chi connectivity index (χ1v) is 11.4. The van der Waals surface area contributed by atoms with Crippen LogP contribution in [-0.2, 0) is 0 Å². The van der Waals surface area contributed by atoms with E-state index >= 15 is 4.39 Å². The van der Waals surface area contributed by atoms with Crippen LogP contribution in [0.3, 0.4) is 0 Å². The standard InChI is InChI=1S/C21H22BrF2N5O2S/c1-4-31-15-10-26-9-14(27-15)19-18(28-21(32-19)20(25)30)11(7-8-29(2)3)16-13(23)6-5-12(22)17(16)24/h5-6,9-11H,4,7-8H2,1-3H3,(H2,25,30). The van der Waals surface area contributed by atoms with Crippen molar-refractivity contribution >= 4 is 33.2 Å². The van der Waals surface area contributed by atoms with Gasteiger partial charge in [-0.15, -0.1) is 11.3 Å². The van der Waals surface area contributed by atoms with Gasteiger partial charge in [-0.1, -0.05) is 0 Å². The second-order valence-corrected chi connectivity index (χ2v) is 9.03. The summed E-state index contributed by atoms with van der Waals surface area (Å²) in [5, 5.41) is 0.0179. The molecule has 0 spiro atoms. The van der Waals surface area contributed by atoms with Gasteiger partial charge in [0.2, 0.25) is 5.88 Å². The van der Waals surface area contributed by atoms with E-state index in [9.17, 15) is 9.18 Å². The van der Waals surface area contributed by atoms with Crippen LogP contribution in [0, 0.1) is 11.6 Å². The van der Waals surface area contributed by atoms with Crippen LogP contribution in [0.5, 0.6) is 5.88 Å². The summed E-state index contributed by atoms with van der Waals surface area (Å²) < 4.78 is 35.6. The number of primary amides is 1. The maximum Gasteiger partial charge on any atom is 0.277 e. The highest BCUT2D eigenvalue weighted by molar-refractivity contribution is 9.10. The van der Waals surface area contributed by atoms with Gasteiger partial charge in [0.05, 0.1) is 34.0 Å². The van der Waals surface area contributed by atoms with Crippen LogP contribution in [0.1, 0.15) is 40.3 Å². The number of carbonyl (C=O) groups excluding carboxylic acids is 1.